The van der Waals surface area contributed by atoms with E-state index in [1.165, 1.54) is 16.8 Å². The molecule has 0 spiro atoms. The van der Waals surface area contributed by atoms with Gasteiger partial charge in [0.05, 0.1) is 12.1 Å². The summed E-state index contributed by atoms with van der Waals surface area (Å²) in [7, 11) is 0. The van der Waals surface area contributed by atoms with Gasteiger partial charge in [0.15, 0.2) is 0 Å². The number of ketones is 1. The van der Waals surface area contributed by atoms with Crippen LogP contribution in [-0.2, 0) is 28.8 Å². The Morgan fingerprint density at radius 3 is 2.33 bits per heavy atom. The third kappa shape index (κ3) is 8.00. The van der Waals surface area contributed by atoms with Gasteiger partial charge >= 0.3 is 6.09 Å². The summed E-state index contributed by atoms with van der Waals surface area (Å²) in [4.78, 5) is 37.6. The van der Waals surface area contributed by atoms with E-state index in [2.05, 4.69) is 36.3 Å². The van der Waals surface area contributed by atoms with E-state index in [1.54, 1.807) is 46.8 Å². The number of anilines is 1. The lowest BCUT2D eigenvalue weighted by Crippen LogP contribution is -2.29. The molecule has 0 aliphatic rings. The normalized spacial score (nSPS) is 12.1. The number of nitrogens with two attached hydrogens (primary N) is 1. The van der Waals surface area contributed by atoms with Crippen LogP contribution in [0.4, 0.5) is 15.0 Å². The highest BCUT2D eigenvalue weighted by Crippen LogP contribution is 2.33. The van der Waals surface area contributed by atoms with E-state index in [0.29, 0.717) is 17.7 Å². The summed E-state index contributed by atoms with van der Waals surface area (Å²) in [6, 6.07) is 5.70. The summed E-state index contributed by atoms with van der Waals surface area (Å²) in [5, 5.41) is 11.0. The van der Waals surface area contributed by atoms with E-state index in [1.807, 2.05) is 0 Å². The van der Waals surface area contributed by atoms with Crippen LogP contribution in [0.15, 0.2) is 28.8 Å². The number of nitrogens with zero attached hydrogens (tertiary/aromatic N) is 3. The van der Waals surface area contributed by atoms with Crippen LogP contribution < -0.4 is 11.1 Å². The molecule has 0 radical (unpaired) electrons. The van der Waals surface area contributed by atoms with Gasteiger partial charge in [-0.3, -0.25) is 14.9 Å². The standard InChI is InChI=1S/C29H38FN5O5/c1-16(2)35-26(32-27(38)39-29(6,7)8)23(25(31)37)24(33-35)21-10-9-17(12-22(21)30)11-19(36)14-20-13-18(34-40-20)15-28(3,4)5/h9-10,12-13,16H,11,14-15H2,1-8H3,(H2,31,37)(H,32,38). The second kappa shape index (κ2) is 11.6. The Kier molecular flexibility index (Phi) is 8.86. The number of carbonyl (C=O) groups excluding carboxylic acids is 3. The minimum absolute atomic E-state index is 0.00121. The van der Waals surface area contributed by atoms with Crippen molar-refractivity contribution in [2.24, 2.45) is 11.1 Å². The van der Waals surface area contributed by atoms with Gasteiger partial charge in [0.2, 0.25) is 0 Å². The molecule has 0 saturated carbocycles. The highest BCUT2D eigenvalue weighted by atomic mass is 19.1. The summed E-state index contributed by atoms with van der Waals surface area (Å²) in [6.45, 7) is 14.9. The Morgan fingerprint density at radius 1 is 1.10 bits per heavy atom. The molecule has 40 heavy (non-hydrogen) atoms. The van der Waals surface area contributed by atoms with Crippen molar-refractivity contribution in [2.45, 2.75) is 86.3 Å². The van der Waals surface area contributed by atoms with Crippen LogP contribution in [0.1, 0.15) is 88.8 Å². The number of halogens is 1. The van der Waals surface area contributed by atoms with E-state index >= 15 is 4.39 Å². The van der Waals surface area contributed by atoms with Crippen molar-refractivity contribution in [3.05, 3.63) is 52.7 Å². The number of Topliss-reactive ketones (excluding diaryl/α,β-unsaturated/α-hetero) is 1. The van der Waals surface area contributed by atoms with E-state index in [9.17, 15) is 14.4 Å². The molecule has 10 nitrogen and oxygen atoms in total. The van der Waals surface area contributed by atoms with Gasteiger partial charge in [0, 0.05) is 24.1 Å². The number of benzene rings is 1. The highest BCUT2D eigenvalue weighted by molar-refractivity contribution is 6.06. The summed E-state index contributed by atoms with van der Waals surface area (Å²) >= 11 is 0. The maximum absolute atomic E-state index is 15.4. The Morgan fingerprint density at radius 2 is 1.77 bits per heavy atom. The van der Waals surface area contributed by atoms with Gasteiger partial charge in [-0.15, -0.1) is 0 Å². The number of carbonyl (C=O) groups is 3. The molecular formula is C29H38FN5O5. The van der Waals surface area contributed by atoms with Gasteiger partial charge in [0.25, 0.3) is 5.91 Å². The first-order valence-corrected chi connectivity index (χ1v) is 13.1. The molecule has 0 atom stereocenters. The number of hydrogen-bond acceptors (Lipinski definition) is 7. The molecular weight excluding hydrogens is 517 g/mol. The van der Waals surface area contributed by atoms with Gasteiger partial charge < -0.3 is 15.0 Å². The van der Waals surface area contributed by atoms with Crippen molar-refractivity contribution in [1.82, 2.24) is 14.9 Å². The Labute approximate surface area is 233 Å². The predicted molar refractivity (Wildman–Crippen MR) is 148 cm³/mol. The van der Waals surface area contributed by atoms with Crippen LogP contribution in [0.5, 0.6) is 0 Å². The van der Waals surface area contributed by atoms with Crippen molar-refractivity contribution in [3.63, 3.8) is 0 Å². The van der Waals surface area contributed by atoms with Crippen LogP contribution in [0.3, 0.4) is 0 Å². The molecule has 3 N–H and O–H groups in total. The summed E-state index contributed by atoms with van der Waals surface area (Å²) in [6.07, 6.45) is -0.0899. The molecule has 0 saturated heterocycles. The molecule has 2 amide bonds. The van der Waals surface area contributed by atoms with E-state index in [4.69, 9.17) is 15.0 Å². The largest absolute Gasteiger partial charge is 0.444 e. The Bertz CT molecular complexity index is 1410. The summed E-state index contributed by atoms with van der Waals surface area (Å²) in [5.41, 5.74) is 5.93. The van der Waals surface area contributed by atoms with Crippen LogP contribution in [-0.4, -0.2) is 38.3 Å². The lowest BCUT2D eigenvalue weighted by atomic mass is 9.90. The lowest BCUT2D eigenvalue weighted by Gasteiger charge is -2.20. The van der Waals surface area contributed by atoms with Crippen LogP contribution in [0, 0.1) is 11.2 Å². The monoisotopic (exact) mass is 555 g/mol. The molecule has 2 aromatic heterocycles. The van der Waals surface area contributed by atoms with Crippen molar-refractivity contribution < 1.29 is 28.0 Å². The minimum Gasteiger partial charge on any atom is -0.444 e. The van der Waals surface area contributed by atoms with Crippen LogP contribution >= 0.6 is 0 Å². The molecule has 2 heterocycles. The van der Waals surface area contributed by atoms with E-state index in [0.717, 1.165) is 5.69 Å². The molecule has 1 aromatic carbocycles. The molecule has 0 aliphatic carbocycles. The van der Waals surface area contributed by atoms with Crippen molar-refractivity contribution in [2.75, 3.05) is 5.32 Å². The first kappa shape index (κ1) is 30.5. The fourth-order valence-electron chi connectivity index (χ4n) is 4.16. The third-order valence-corrected chi connectivity index (χ3v) is 5.65. The number of primary amides is 1. The summed E-state index contributed by atoms with van der Waals surface area (Å²) in [5.74, 6) is -1.31. The molecule has 0 unspecified atom stereocenters. The first-order valence-electron chi connectivity index (χ1n) is 13.1. The number of hydrogen-bond donors (Lipinski definition) is 2. The van der Waals surface area contributed by atoms with Gasteiger partial charge in [-0.05, 0) is 64.2 Å². The molecule has 11 heteroatoms. The molecule has 0 bridgehead atoms. The van der Waals surface area contributed by atoms with Crippen molar-refractivity contribution >= 4 is 23.6 Å². The zero-order chi connectivity index (χ0) is 30.0. The number of amides is 2. The Hall–Kier alpha value is -4.02. The zero-order valence-corrected chi connectivity index (χ0v) is 24.3. The topological polar surface area (TPSA) is 142 Å². The van der Waals surface area contributed by atoms with E-state index < -0.39 is 23.4 Å². The number of aromatic nitrogens is 3. The van der Waals surface area contributed by atoms with Crippen LogP contribution in [0.25, 0.3) is 11.3 Å². The minimum atomic E-state index is -0.899. The first-order chi connectivity index (χ1) is 18.4. The van der Waals surface area contributed by atoms with Gasteiger partial charge in [-0.2, -0.15) is 5.10 Å². The zero-order valence-electron chi connectivity index (χ0n) is 24.3. The van der Waals surface area contributed by atoms with Gasteiger partial charge in [-0.25, -0.2) is 13.9 Å². The Balaban J connectivity index is 1.85. The number of nitrogens with one attached hydrogen (secondary N) is 1. The highest BCUT2D eigenvalue weighted by Gasteiger charge is 2.29. The quantitative estimate of drug-likeness (QED) is 0.347. The fraction of sp³-hybridized carbons (Fsp3) is 0.483. The van der Waals surface area contributed by atoms with E-state index in [-0.39, 0.29) is 52.7 Å². The van der Waals surface area contributed by atoms with Gasteiger partial charge in [-0.1, -0.05) is 32.0 Å². The van der Waals surface area contributed by atoms with Crippen molar-refractivity contribution in [1.29, 1.82) is 0 Å². The van der Waals surface area contributed by atoms with Gasteiger partial charge in [0.1, 0.15) is 40.0 Å². The summed E-state index contributed by atoms with van der Waals surface area (Å²) < 4.78 is 27.4. The molecule has 0 fully saturated rings. The molecule has 216 valence electrons. The average molecular weight is 556 g/mol. The number of rotatable bonds is 9. The maximum Gasteiger partial charge on any atom is 0.413 e. The SMILES string of the molecule is CC(C)n1nc(-c2ccc(CC(=O)Cc3cc(CC(C)(C)C)no3)cc2F)c(C(N)=O)c1NC(=O)OC(C)(C)C. The van der Waals surface area contributed by atoms with Crippen molar-refractivity contribution in [3.8, 4) is 11.3 Å². The fourth-order valence-corrected chi connectivity index (χ4v) is 4.16. The average Bonchev–Trinajstić information content (AvgIpc) is 3.35. The maximum atomic E-state index is 15.4. The lowest BCUT2D eigenvalue weighted by molar-refractivity contribution is -0.118. The smallest absolute Gasteiger partial charge is 0.413 e. The molecule has 3 rings (SSSR count). The molecule has 0 aliphatic heterocycles. The second-order valence-electron chi connectivity index (χ2n) is 12.3. The second-order valence-corrected chi connectivity index (χ2v) is 12.3. The van der Waals surface area contributed by atoms with Crippen LogP contribution in [0.2, 0.25) is 0 Å². The predicted octanol–water partition coefficient (Wildman–Crippen LogP) is 5.65. The number of ether oxygens (including phenoxy) is 1. The third-order valence-electron chi connectivity index (χ3n) is 5.65. The molecule has 3 aromatic rings.